The number of hydrogen-bond donors (Lipinski definition) is 2. The van der Waals surface area contributed by atoms with Crippen molar-refractivity contribution >= 4 is 5.97 Å². The Bertz CT molecular complexity index is 556. The lowest BCUT2D eigenvalue weighted by Crippen LogP contribution is -2.54. The molecule has 0 saturated carbocycles. The number of carboxylic acids is 1. The summed E-state index contributed by atoms with van der Waals surface area (Å²) in [5, 5.41) is 19.2. The Morgan fingerprint density at radius 3 is 2.91 bits per heavy atom. The maximum absolute atomic E-state index is 10.7. The minimum Gasteiger partial charge on any atom is -0.482 e. The zero-order valence-corrected chi connectivity index (χ0v) is 13.1. The van der Waals surface area contributed by atoms with Gasteiger partial charge in [0.25, 0.3) is 0 Å². The summed E-state index contributed by atoms with van der Waals surface area (Å²) in [5.41, 5.74) is 0.583. The van der Waals surface area contributed by atoms with Crippen LogP contribution in [-0.4, -0.2) is 59.1 Å². The second-order valence-electron chi connectivity index (χ2n) is 6.31. The summed E-state index contributed by atoms with van der Waals surface area (Å²) in [4.78, 5) is 12.8. The summed E-state index contributed by atoms with van der Waals surface area (Å²) < 4.78 is 11.2. The van der Waals surface area contributed by atoms with Gasteiger partial charge in [0, 0.05) is 31.8 Å². The standard InChI is InChI=1S/C17H23NO5/c19-15-11-18(8-7-17(15)6-3-9-23-17)10-13-4-1-2-5-14(13)22-12-16(20)21/h1-2,4-5,15,19H,3,6-12H2,(H,20,21)/t15-,17-/m0/s1. The lowest BCUT2D eigenvalue weighted by atomic mass is 9.86. The topological polar surface area (TPSA) is 79.2 Å². The lowest BCUT2D eigenvalue weighted by Gasteiger charge is -2.42. The third kappa shape index (κ3) is 3.65. The van der Waals surface area contributed by atoms with E-state index in [9.17, 15) is 9.90 Å². The summed E-state index contributed by atoms with van der Waals surface area (Å²) in [5.74, 6) is -0.407. The van der Waals surface area contributed by atoms with Crippen molar-refractivity contribution < 1.29 is 24.5 Å². The minimum absolute atomic E-state index is 0.351. The molecule has 0 unspecified atom stereocenters. The van der Waals surface area contributed by atoms with Gasteiger partial charge < -0.3 is 19.7 Å². The summed E-state index contributed by atoms with van der Waals surface area (Å²) in [6.45, 7) is 2.43. The Morgan fingerprint density at radius 2 is 2.22 bits per heavy atom. The number of aliphatic hydroxyl groups is 1. The molecule has 2 N–H and O–H groups in total. The lowest BCUT2D eigenvalue weighted by molar-refractivity contribution is -0.139. The molecule has 2 aliphatic heterocycles. The summed E-state index contributed by atoms with van der Waals surface area (Å²) >= 11 is 0. The molecule has 2 aliphatic rings. The molecule has 0 bridgehead atoms. The Morgan fingerprint density at radius 1 is 1.39 bits per heavy atom. The fourth-order valence-electron chi connectivity index (χ4n) is 3.49. The van der Waals surface area contributed by atoms with E-state index >= 15 is 0 Å². The molecule has 0 aromatic heterocycles. The maximum Gasteiger partial charge on any atom is 0.341 e. The van der Waals surface area contributed by atoms with E-state index in [0.29, 0.717) is 18.8 Å². The number of benzene rings is 1. The van der Waals surface area contributed by atoms with Crippen molar-refractivity contribution in [2.24, 2.45) is 0 Å². The van der Waals surface area contributed by atoms with Gasteiger partial charge in [-0.25, -0.2) is 4.79 Å². The molecule has 2 heterocycles. The number of para-hydroxylation sites is 1. The van der Waals surface area contributed by atoms with Crippen LogP contribution in [0.15, 0.2) is 24.3 Å². The SMILES string of the molecule is O=C(O)COc1ccccc1CN1CC[C@@]2(CCCO2)[C@@H](O)C1. The van der Waals surface area contributed by atoms with Gasteiger partial charge in [0.05, 0.1) is 11.7 Å². The number of likely N-dealkylation sites (tertiary alicyclic amines) is 1. The molecule has 0 radical (unpaired) electrons. The van der Waals surface area contributed by atoms with Gasteiger partial charge >= 0.3 is 5.97 Å². The van der Waals surface area contributed by atoms with E-state index in [1.807, 2.05) is 18.2 Å². The van der Waals surface area contributed by atoms with Crippen LogP contribution < -0.4 is 4.74 Å². The number of piperidine rings is 1. The Kier molecular flexibility index (Phi) is 4.84. The van der Waals surface area contributed by atoms with Crippen molar-refractivity contribution in [2.45, 2.75) is 37.5 Å². The molecule has 6 nitrogen and oxygen atoms in total. The zero-order valence-electron chi connectivity index (χ0n) is 13.1. The van der Waals surface area contributed by atoms with Gasteiger partial charge in [-0.1, -0.05) is 18.2 Å². The van der Waals surface area contributed by atoms with Crippen molar-refractivity contribution in [1.82, 2.24) is 4.90 Å². The molecule has 23 heavy (non-hydrogen) atoms. The number of carbonyl (C=O) groups is 1. The van der Waals surface area contributed by atoms with E-state index in [-0.39, 0.29) is 12.2 Å². The number of aliphatic hydroxyl groups excluding tert-OH is 1. The number of ether oxygens (including phenoxy) is 2. The monoisotopic (exact) mass is 321 g/mol. The molecule has 3 rings (SSSR count). The Hall–Kier alpha value is -1.63. The molecular formula is C17H23NO5. The molecule has 0 aliphatic carbocycles. The van der Waals surface area contributed by atoms with Crippen LogP contribution >= 0.6 is 0 Å². The Labute approximate surface area is 135 Å². The predicted molar refractivity (Wildman–Crippen MR) is 83.4 cm³/mol. The van der Waals surface area contributed by atoms with Crippen molar-refractivity contribution in [1.29, 1.82) is 0 Å². The highest BCUT2D eigenvalue weighted by atomic mass is 16.5. The van der Waals surface area contributed by atoms with Gasteiger partial charge in [-0.3, -0.25) is 4.90 Å². The first kappa shape index (κ1) is 16.2. The molecule has 1 aromatic carbocycles. The number of rotatable bonds is 5. The second-order valence-corrected chi connectivity index (χ2v) is 6.31. The number of nitrogens with zero attached hydrogens (tertiary/aromatic N) is 1. The van der Waals surface area contributed by atoms with Crippen molar-refractivity contribution in [3.63, 3.8) is 0 Å². The van der Waals surface area contributed by atoms with Crippen LogP contribution in [0.4, 0.5) is 0 Å². The molecular weight excluding hydrogens is 298 g/mol. The number of aliphatic carboxylic acids is 1. The summed E-state index contributed by atoms with van der Waals surface area (Å²) in [7, 11) is 0. The highest BCUT2D eigenvalue weighted by molar-refractivity contribution is 5.68. The fourth-order valence-corrected chi connectivity index (χ4v) is 3.49. The van der Waals surface area contributed by atoms with Gasteiger partial charge in [-0.2, -0.15) is 0 Å². The average Bonchev–Trinajstić information content (AvgIpc) is 3.00. The van der Waals surface area contributed by atoms with Crippen LogP contribution in [0, 0.1) is 0 Å². The van der Waals surface area contributed by atoms with Crippen molar-refractivity contribution in [3.8, 4) is 5.75 Å². The van der Waals surface area contributed by atoms with Gasteiger partial charge in [0.15, 0.2) is 6.61 Å². The predicted octanol–water partition coefficient (Wildman–Crippen LogP) is 1.27. The van der Waals surface area contributed by atoms with E-state index in [1.165, 1.54) is 0 Å². The van der Waals surface area contributed by atoms with Gasteiger partial charge in [-0.05, 0) is 25.3 Å². The van der Waals surface area contributed by atoms with Crippen LogP contribution in [-0.2, 0) is 16.1 Å². The van der Waals surface area contributed by atoms with Gasteiger partial charge in [0.2, 0.25) is 0 Å². The third-order valence-corrected chi connectivity index (χ3v) is 4.74. The first-order valence-electron chi connectivity index (χ1n) is 8.06. The molecule has 126 valence electrons. The summed E-state index contributed by atoms with van der Waals surface area (Å²) in [6, 6.07) is 7.44. The van der Waals surface area contributed by atoms with Gasteiger partial charge in [0.1, 0.15) is 5.75 Å². The van der Waals surface area contributed by atoms with Crippen LogP contribution in [0.5, 0.6) is 5.75 Å². The molecule has 1 spiro atoms. The van der Waals surface area contributed by atoms with Gasteiger partial charge in [-0.15, -0.1) is 0 Å². The largest absolute Gasteiger partial charge is 0.482 e. The van der Waals surface area contributed by atoms with Crippen LogP contribution in [0.2, 0.25) is 0 Å². The molecule has 2 saturated heterocycles. The number of carboxylic acid groups (broad SMARTS) is 1. The average molecular weight is 321 g/mol. The smallest absolute Gasteiger partial charge is 0.341 e. The number of β-amino-alcohol motifs (C(OH)–C–C–N with tert-alkyl or cyclic N) is 1. The molecule has 1 aromatic rings. The van der Waals surface area contributed by atoms with E-state index in [4.69, 9.17) is 14.6 Å². The maximum atomic E-state index is 10.7. The normalized spacial score (nSPS) is 28.1. The van der Waals surface area contributed by atoms with E-state index in [0.717, 1.165) is 38.0 Å². The van der Waals surface area contributed by atoms with Crippen molar-refractivity contribution in [3.05, 3.63) is 29.8 Å². The quantitative estimate of drug-likeness (QED) is 0.850. The minimum atomic E-state index is -0.992. The van der Waals surface area contributed by atoms with Crippen molar-refractivity contribution in [2.75, 3.05) is 26.3 Å². The first-order valence-corrected chi connectivity index (χ1v) is 8.06. The second kappa shape index (κ2) is 6.86. The molecule has 2 fully saturated rings. The molecule has 0 amide bonds. The highest BCUT2D eigenvalue weighted by Crippen LogP contribution is 2.36. The van der Waals surface area contributed by atoms with Crippen LogP contribution in [0.1, 0.15) is 24.8 Å². The molecule has 6 heteroatoms. The van der Waals surface area contributed by atoms with E-state index in [2.05, 4.69) is 4.90 Å². The third-order valence-electron chi connectivity index (χ3n) is 4.74. The molecule has 2 atom stereocenters. The zero-order chi connectivity index (χ0) is 16.3. The Balaban J connectivity index is 1.63. The first-order chi connectivity index (χ1) is 11.1. The van der Waals surface area contributed by atoms with E-state index < -0.39 is 12.1 Å². The number of hydrogen-bond acceptors (Lipinski definition) is 5. The summed E-state index contributed by atoms with van der Waals surface area (Å²) in [6.07, 6.45) is 2.29. The highest BCUT2D eigenvalue weighted by Gasteiger charge is 2.45. The van der Waals surface area contributed by atoms with E-state index in [1.54, 1.807) is 6.07 Å². The fraction of sp³-hybridized carbons (Fsp3) is 0.588. The van der Waals surface area contributed by atoms with Crippen LogP contribution in [0.3, 0.4) is 0 Å². The van der Waals surface area contributed by atoms with Crippen LogP contribution in [0.25, 0.3) is 0 Å².